The Bertz CT molecular complexity index is 3710. The van der Waals surface area contributed by atoms with Crippen molar-refractivity contribution in [2.24, 2.45) is 0 Å². The second-order valence-corrected chi connectivity index (χ2v) is 18.3. The maximum atomic E-state index is 6.91. The van der Waals surface area contributed by atoms with E-state index in [1.807, 2.05) is 0 Å². The zero-order valence-electron chi connectivity index (χ0n) is 35.6. The smallest absolute Gasteiger partial charge is 0.137 e. The largest absolute Gasteiger partial charge is 0.456 e. The molecule has 0 aliphatic heterocycles. The van der Waals surface area contributed by atoms with Crippen molar-refractivity contribution >= 4 is 49.8 Å². The summed E-state index contributed by atoms with van der Waals surface area (Å²) in [6, 6.07) is 79.0. The number of anilines is 3. The predicted octanol–water partition coefficient (Wildman–Crippen LogP) is 16.5. The summed E-state index contributed by atoms with van der Waals surface area (Å²) in [7, 11) is 0. The van der Waals surface area contributed by atoms with Gasteiger partial charge in [-0.25, -0.2) is 0 Å². The van der Waals surface area contributed by atoms with Gasteiger partial charge in [0.25, 0.3) is 0 Å². The number of hydrogen-bond donors (Lipinski definition) is 0. The highest BCUT2D eigenvalue weighted by atomic mass is 16.3. The van der Waals surface area contributed by atoms with Gasteiger partial charge in [0.1, 0.15) is 11.2 Å². The van der Waals surface area contributed by atoms with E-state index in [0.29, 0.717) is 0 Å². The van der Waals surface area contributed by atoms with E-state index in [1.54, 1.807) is 0 Å². The third-order valence-electron chi connectivity index (χ3n) is 14.9. The summed E-state index contributed by atoms with van der Waals surface area (Å²) in [4.78, 5) is 2.51. The van der Waals surface area contributed by atoms with Gasteiger partial charge >= 0.3 is 0 Å². The highest BCUT2D eigenvalue weighted by Crippen LogP contribution is 2.63. The Kier molecular flexibility index (Phi) is 7.13. The van der Waals surface area contributed by atoms with Crippen molar-refractivity contribution in [2.45, 2.75) is 24.7 Å². The average molecular weight is 816 g/mol. The van der Waals surface area contributed by atoms with Crippen molar-refractivity contribution in [1.29, 1.82) is 0 Å². The fourth-order valence-electron chi connectivity index (χ4n) is 12.1. The number of benzene rings is 10. The summed E-state index contributed by atoms with van der Waals surface area (Å²) in [5, 5.41) is 4.66. The molecule has 64 heavy (non-hydrogen) atoms. The van der Waals surface area contributed by atoms with E-state index in [4.69, 9.17) is 4.42 Å². The highest BCUT2D eigenvalue weighted by Gasteiger charge is 2.51. The molecule has 2 nitrogen and oxygen atoms in total. The van der Waals surface area contributed by atoms with Crippen molar-refractivity contribution in [1.82, 2.24) is 0 Å². The Balaban J connectivity index is 1.09. The first kappa shape index (κ1) is 35.6. The molecule has 10 aromatic carbocycles. The molecule has 0 N–H and O–H groups in total. The first-order chi connectivity index (χ1) is 31.5. The molecule has 0 bridgehead atoms. The van der Waals surface area contributed by atoms with Crippen LogP contribution in [0.3, 0.4) is 0 Å². The topological polar surface area (TPSA) is 16.4 Å². The van der Waals surface area contributed by atoms with Gasteiger partial charge in [-0.3, -0.25) is 0 Å². The molecule has 3 aliphatic carbocycles. The van der Waals surface area contributed by atoms with Gasteiger partial charge in [-0.1, -0.05) is 184 Å². The van der Waals surface area contributed by atoms with Crippen molar-refractivity contribution in [3.63, 3.8) is 0 Å². The van der Waals surface area contributed by atoms with Crippen molar-refractivity contribution in [3.8, 4) is 44.5 Å². The maximum Gasteiger partial charge on any atom is 0.137 e. The van der Waals surface area contributed by atoms with Crippen LogP contribution in [0.15, 0.2) is 217 Å². The summed E-state index contributed by atoms with van der Waals surface area (Å²) in [5.74, 6) is 0. The quantitative estimate of drug-likeness (QED) is 0.176. The van der Waals surface area contributed by atoms with Crippen molar-refractivity contribution in [3.05, 3.63) is 246 Å². The van der Waals surface area contributed by atoms with Crippen LogP contribution < -0.4 is 4.90 Å². The third-order valence-corrected chi connectivity index (χ3v) is 14.9. The van der Waals surface area contributed by atoms with Crippen LogP contribution in [-0.4, -0.2) is 0 Å². The Morgan fingerprint density at radius 3 is 1.53 bits per heavy atom. The van der Waals surface area contributed by atoms with Gasteiger partial charge in [0, 0.05) is 39.2 Å². The number of nitrogens with zero attached hydrogens (tertiary/aromatic N) is 1. The van der Waals surface area contributed by atoms with Crippen LogP contribution in [0.5, 0.6) is 0 Å². The molecule has 2 heteroatoms. The Morgan fingerprint density at radius 2 is 0.875 bits per heavy atom. The van der Waals surface area contributed by atoms with E-state index in [-0.39, 0.29) is 5.41 Å². The molecule has 0 unspecified atom stereocenters. The fraction of sp³-hybridized carbons (Fsp3) is 0.0645. The molecule has 0 saturated carbocycles. The van der Waals surface area contributed by atoms with E-state index in [0.717, 1.165) is 50.1 Å². The second kappa shape index (κ2) is 12.8. The van der Waals surface area contributed by atoms with Crippen LogP contribution in [0.4, 0.5) is 17.1 Å². The van der Waals surface area contributed by atoms with E-state index in [2.05, 4.69) is 231 Å². The SMILES string of the molecule is CC1(C)c2ccccc2-c2ccc(N(c3ccc4c(c3)C3(c5ccccc5-c5ccccc53)c3ccccc3-4)c3cc4oc5ccc6ccccc6c5c4cc3-c3ccccc3)cc21. The lowest BCUT2D eigenvalue weighted by atomic mass is 9.70. The Labute approximate surface area is 372 Å². The summed E-state index contributed by atoms with van der Waals surface area (Å²) >= 11 is 0. The van der Waals surface area contributed by atoms with Gasteiger partial charge in [-0.05, 0) is 119 Å². The van der Waals surface area contributed by atoms with Crippen molar-refractivity contribution in [2.75, 3.05) is 4.90 Å². The minimum absolute atomic E-state index is 0.180. The summed E-state index contributed by atoms with van der Waals surface area (Å²) in [6.45, 7) is 4.74. The van der Waals surface area contributed by atoms with Gasteiger partial charge < -0.3 is 9.32 Å². The standard InChI is InChI=1S/C62H41NO/c1-61(2)51-24-12-8-20-43(51)47-31-29-40(34-55(47)61)63(57-37-59-50(36-49(57)38-16-4-3-5-17-38)60-42-19-7-6-18-39(42)28-33-58(60)64-59)41-30-32-48-46-23-11-15-27-54(46)62(56(48)35-41)52-25-13-9-21-44(52)45-22-10-14-26-53(45)62/h3-37H,1-2H3. The van der Waals surface area contributed by atoms with Crippen molar-refractivity contribution < 1.29 is 4.42 Å². The molecule has 0 fully saturated rings. The lowest BCUT2D eigenvalue weighted by Gasteiger charge is -2.33. The molecule has 14 rings (SSSR count). The molecule has 0 atom stereocenters. The summed E-state index contributed by atoms with van der Waals surface area (Å²) in [6.07, 6.45) is 0. The van der Waals surface area contributed by atoms with E-state index in [1.165, 1.54) is 77.5 Å². The van der Waals surface area contributed by atoms with Gasteiger partial charge in [0.05, 0.1) is 11.1 Å². The molecule has 11 aromatic rings. The predicted molar refractivity (Wildman–Crippen MR) is 265 cm³/mol. The molecule has 0 radical (unpaired) electrons. The molecule has 300 valence electrons. The second-order valence-electron chi connectivity index (χ2n) is 18.3. The van der Waals surface area contributed by atoms with Crippen LogP contribution in [-0.2, 0) is 10.8 Å². The molecule has 1 aromatic heterocycles. The van der Waals surface area contributed by atoms with E-state index in [9.17, 15) is 0 Å². The van der Waals surface area contributed by atoms with Crippen LogP contribution in [0.2, 0.25) is 0 Å². The minimum atomic E-state index is -0.478. The van der Waals surface area contributed by atoms with E-state index < -0.39 is 5.41 Å². The molecule has 1 spiro atoms. The molecule has 1 heterocycles. The lowest BCUT2D eigenvalue weighted by molar-refractivity contribution is 0.660. The molecule has 0 amide bonds. The van der Waals surface area contributed by atoms with Gasteiger partial charge in [0.2, 0.25) is 0 Å². The normalized spacial score (nSPS) is 14.3. The Hall–Kier alpha value is -7.94. The number of furan rings is 1. The van der Waals surface area contributed by atoms with Gasteiger partial charge in [-0.2, -0.15) is 0 Å². The van der Waals surface area contributed by atoms with Crippen LogP contribution in [0.1, 0.15) is 47.2 Å². The van der Waals surface area contributed by atoms with E-state index >= 15 is 0 Å². The fourth-order valence-corrected chi connectivity index (χ4v) is 12.1. The minimum Gasteiger partial charge on any atom is -0.456 e. The third kappa shape index (κ3) is 4.59. The Morgan fingerprint density at radius 1 is 0.359 bits per heavy atom. The first-order valence-electron chi connectivity index (χ1n) is 22.4. The van der Waals surface area contributed by atoms with Gasteiger partial charge in [0.15, 0.2) is 0 Å². The number of rotatable bonds is 4. The molecule has 3 aliphatic rings. The molecular formula is C62H41NO. The number of fused-ring (bicyclic) bond motifs is 18. The lowest BCUT2D eigenvalue weighted by Crippen LogP contribution is -2.26. The first-order valence-corrected chi connectivity index (χ1v) is 22.4. The molecular weight excluding hydrogens is 775 g/mol. The molecule has 0 saturated heterocycles. The van der Waals surface area contributed by atoms with Crippen LogP contribution >= 0.6 is 0 Å². The maximum absolute atomic E-state index is 6.91. The zero-order chi connectivity index (χ0) is 42.3. The van der Waals surface area contributed by atoms with Gasteiger partial charge in [-0.15, -0.1) is 0 Å². The van der Waals surface area contributed by atoms with Crippen LogP contribution in [0.25, 0.3) is 77.2 Å². The summed E-state index contributed by atoms with van der Waals surface area (Å²) in [5.41, 5.74) is 22.5. The summed E-state index contributed by atoms with van der Waals surface area (Å²) < 4.78 is 6.91. The number of hydrogen-bond acceptors (Lipinski definition) is 2. The highest BCUT2D eigenvalue weighted by molar-refractivity contribution is 6.20. The average Bonchev–Trinajstić information content (AvgIpc) is 4.03. The monoisotopic (exact) mass is 815 g/mol. The zero-order valence-corrected chi connectivity index (χ0v) is 35.6. The van der Waals surface area contributed by atoms with Crippen LogP contribution in [0, 0.1) is 0 Å².